The first-order valence-corrected chi connectivity index (χ1v) is 6.00. The second-order valence-corrected chi connectivity index (χ2v) is 4.38. The minimum Gasteiger partial charge on any atom is -0.368 e. The molecule has 5 heteroatoms. The number of amides is 1. The molecular weight excluding hydrogens is 235 g/mol. The monoisotopic (exact) mass is 252 g/mol. The van der Waals surface area contributed by atoms with Crippen LogP contribution >= 0.6 is 0 Å². The summed E-state index contributed by atoms with van der Waals surface area (Å²) in [4.78, 5) is 12.2. The van der Waals surface area contributed by atoms with Crippen molar-refractivity contribution < 1.29 is 13.9 Å². The Balaban J connectivity index is 2.13. The molecule has 1 aromatic rings. The fourth-order valence-corrected chi connectivity index (χ4v) is 2.15. The molecule has 4 nitrogen and oxygen atoms in total. The summed E-state index contributed by atoms with van der Waals surface area (Å²) < 4.78 is 18.9. The quantitative estimate of drug-likeness (QED) is 0.857. The van der Waals surface area contributed by atoms with Gasteiger partial charge in [-0.05, 0) is 38.1 Å². The minimum absolute atomic E-state index is 0.192. The third-order valence-electron chi connectivity index (χ3n) is 3.34. The van der Waals surface area contributed by atoms with Crippen molar-refractivity contribution >= 4 is 11.6 Å². The van der Waals surface area contributed by atoms with Gasteiger partial charge in [0.1, 0.15) is 11.4 Å². The number of piperidine rings is 1. The number of hydrogen-bond donors (Lipinski definition) is 2. The lowest BCUT2D eigenvalue weighted by atomic mass is 9.91. The zero-order chi connectivity index (χ0) is 13.0. The Bertz CT molecular complexity index is 431. The Hall–Kier alpha value is -1.46. The van der Waals surface area contributed by atoms with Gasteiger partial charge in [-0.15, -0.1) is 0 Å². The van der Waals surface area contributed by atoms with Crippen molar-refractivity contribution in [3.05, 3.63) is 30.1 Å². The van der Waals surface area contributed by atoms with E-state index in [0.717, 1.165) is 13.1 Å². The maximum absolute atomic E-state index is 13.5. The molecule has 2 rings (SSSR count). The Morgan fingerprint density at radius 2 is 2.06 bits per heavy atom. The van der Waals surface area contributed by atoms with Crippen molar-refractivity contribution in [2.75, 3.05) is 25.5 Å². The lowest BCUT2D eigenvalue weighted by Crippen LogP contribution is -2.51. The zero-order valence-corrected chi connectivity index (χ0v) is 10.3. The van der Waals surface area contributed by atoms with Crippen LogP contribution in [0.15, 0.2) is 24.3 Å². The molecule has 0 unspecified atom stereocenters. The first kappa shape index (κ1) is 13.0. The smallest absolute Gasteiger partial charge is 0.256 e. The Kier molecular flexibility index (Phi) is 3.93. The predicted molar refractivity (Wildman–Crippen MR) is 66.9 cm³/mol. The van der Waals surface area contributed by atoms with Gasteiger partial charge < -0.3 is 15.4 Å². The van der Waals surface area contributed by atoms with Crippen molar-refractivity contribution in [3.8, 4) is 0 Å². The maximum Gasteiger partial charge on any atom is 0.256 e. The van der Waals surface area contributed by atoms with Gasteiger partial charge in [0.2, 0.25) is 0 Å². The normalized spacial score (nSPS) is 18.3. The van der Waals surface area contributed by atoms with Crippen molar-refractivity contribution in [3.63, 3.8) is 0 Å². The standard InChI is InChI=1S/C13H17FN2O2/c1-18-13(6-8-15-9-7-13)12(17)16-11-5-3-2-4-10(11)14/h2-5,15H,6-9H2,1H3,(H,16,17). The van der Waals surface area contributed by atoms with Gasteiger partial charge in [-0.1, -0.05) is 12.1 Å². The van der Waals surface area contributed by atoms with E-state index in [9.17, 15) is 9.18 Å². The molecule has 0 bridgehead atoms. The lowest BCUT2D eigenvalue weighted by molar-refractivity contribution is -0.140. The number of halogens is 1. The van der Waals surface area contributed by atoms with E-state index in [-0.39, 0.29) is 11.6 Å². The summed E-state index contributed by atoms with van der Waals surface area (Å²) in [6, 6.07) is 6.12. The molecule has 0 atom stereocenters. The summed E-state index contributed by atoms with van der Waals surface area (Å²) in [6.45, 7) is 1.44. The molecule has 1 heterocycles. The van der Waals surface area contributed by atoms with Gasteiger partial charge in [-0.2, -0.15) is 0 Å². The molecule has 0 saturated carbocycles. The van der Waals surface area contributed by atoms with Gasteiger partial charge in [0.25, 0.3) is 5.91 Å². The number of anilines is 1. The number of benzene rings is 1. The minimum atomic E-state index is -0.854. The molecule has 0 spiro atoms. The van der Waals surface area contributed by atoms with Crippen LogP contribution in [0.1, 0.15) is 12.8 Å². The number of carbonyl (C=O) groups excluding carboxylic acids is 1. The van der Waals surface area contributed by atoms with Crippen molar-refractivity contribution in [1.29, 1.82) is 0 Å². The van der Waals surface area contributed by atoms with Gasteiger partial charge in [0.05, 0.1) is 5.69 Å². The summed E-state index contributed by atoms with van der Waals surface area (Å²) in [5, 5.41) is 5.77. The van der Waals surface area contributed by atoms with Crippen LogP contribution in [0.3, 0.4) is 0 Å². The molecule has 1 aromatic carbocycles. The molecule has 0 radical (unpaired) electrons. The van der Waals surface area contributed by atoms with Crippen LogP contribution in [0.4, 0.5) is 10.1 Å². The fraction of sp³-hybridized carbons (Fsp3) is 0.462. The zero-order valence-electron chi connectivity index (χ0n) is 10.3. The number of ether oxygens (including phenoxy) is 1. The van der Waals surface area contributed by atoms with Gasteiger partial charge in [0, 0.05) is 7.11 Å². The summed E-state index contributed by atoms with van der Waals surface area (Å²) in [5.74, 6) is -0.720. The molecule has 1 fully saturated rings. The van der Waals surface area contributed by atoms with Crippen LogP contribution in [-0.4, -0.2) is 31.7 Å². The van der Waals surface area contributed by atoms with Gasteiger partial charge in [0.15, 0.2) is 0 Å². The molecule has 1 saturated heterocycles. The third-order valence-corrected chi connectivity index (χ3v) is 3.34. The Morgan fingerprint density at radius 1 is 1.39 bits per heavy atom. The summed E-state index contributed by atoms with van der Waals surface area (Å²) >= 11 is 0. The molecule has 2 N–H and O–H groups in total. The van der Waals surface area contributed by atoms with Crippen molar-refractivity contribution in [2.24, 2.45) is 0 Å². The number of hydrogen-bond acceptors (Lipinski definition) is 3. The summed E-state index contributed by atoms with van der Waals surface area (Å²) in [7, 11) is 1.52. The molecular formula is C13H17FN2O2. The third kappa shape index (κ3) is 2.52. The average molecular weight is 252 g/mol. The van der Waals surface area contributed by atoms with E-state index in [1.807, 2.05) is 0 Å². The lowest BCUT2D eigenvalue weighted by Gasteiger charge is -2.34. The van der Waals surface area contributed by atoms with Crippen LogP contribution in [0.25, 0.3) is 0 Å². The molecule has 1 aliphatic heterocycles. The highest BCUT2D eigenvalue weighted by Gasteiger charge is 2.39. The Morgan fingerprint density at radius 3 is 2.67 bits per heavy atom. The van der Waals surface area contributed by atoms with E-state index < -0.39 is 11.4 Å². The maximum atomic E-state index is 13.5. The SMILES string of the molecule is COC1(C(=O)Nc2ccccc2F)CCNCC1. The van der Waals surface area contributed by atoms with E-state index in [2.05, 4.69) is 10.6 Å². The second-order valence-electron chi connectivity index (χ2n) is 4.38. The first-order chi connectivity index (χ1) is 8.68. The predicted octanol–water partition coefficient (Wildman–Crippen LogP) is 1.53. The number of para-hydroxylation sites is 1. The number of methoxy groups -OCH3 is 1. The number of carbonyl (C=O) groups is 1. The van der Waals surface area contributed by atoms with Crippen LogP contribution < -0.4 is 10.6 Å². The highest BCUT2D eigenvalue weighted by molar-refractivity contribution is 5.97. The fourth-order valence-electron chi connectivity index (χ4n) is 2.15. The molecule has 98 valence electrons. The van der Waals surface area contributed by atoms with E-state index in [1.165, 1.54) is 19.2 Å². The summed E-state index contributed by atoms with van der Waals surface area (Å²) in [5.41, 5.74) is -0.662. The van der Waals surface area contributed by atoms with Crippen LogP contribution in [0, 0.1) is 5.82 Å². The van der Waals surface area contributed by atoms with E-state index in [4.69, 9.17) is 4.74 Å². The van der Waals surface area contributed by atoms with Crippen molar-refractivity contribution in [1.82, 2.24) is 5.32 Å². The molecule has 1 aliphatic rings. The number of nitrogens with one attached hydrogen (secondary N) is 2. The van der Waals surface area contributed by atoms with Gasteiger partial charge >= 0.3 is 0 Å². The largest absolute Gasteiger partial charge is 0.368 e. The molecule has 0 aromatic heterocycles. The van der Waals surface area contributed by atoms with Crippen molar-refractivity contribution in [2.45, 2.75) is 18.4 Å². The average Bonchev–Trinajstić information content (AvgIpc) is 2.42. The molecule has 0 aliphatic carbocycles. The first-order valence-electron chi connectivity index (χ1n) is 6.00. The summed E-state index contributed by atoms with van der Waals surface area (Å²) in [6.07, 6.45) is 1.17. The molecule has 1 amide bonds. The van der Waals surface area contributed by atoms with E-state index >= 15 is 0 Å². The van der Waals surface area contributed by atoms with Gasteiger partial charge in [-0.25, -0.2) is 4.39 Å². The topological polar surface area (TPSA) is 50.4 Å². The Labute approximate surface area is 106 Å². The van der Waals surface area contributed by atoms with E-state index in [0.29, 0.717) is 12.8 Å². The van der Waals surface area contributed by atoms with Gasteiger partial charge in [-0.3, -0.25) is 4.79 Å². The van der Waals surface area contributed by atoms with Crippen LogP contribution in [0.5, 0.6) is 0 Å². The second kappa shape index (κ2) is 5.46. The highest BCUT2D eigenvalue weighted by atomic mass is 19.1. The van der Waals surface area contributed by atoms with E-state index in [1.54, 1.807) is 12.1 Å². The molecule has 18 heavy (non-hydrogen) atoms. The van der Waals surface area contributed by atoms with Crippen LogP contribution in [0.2, 0.25) is 0 Å². The highest BCUT2D eigenvalue weighted by Crippen LogP contribution is 2.25. The number of rotatable bonds is 3. The van der Waals surface area contributed by atoms with Crippen LogP contribution in [-0.2, 0) is 9.53 Å².